The summed E-state index contributed by atoms with van der Waals surface area (Å²) in [6.45, 7) is 6.42. The van der Waals surface area contributed by atoms with E-state index in [0.29, 0.717) is 5.02 Å². The van der Waals surface area contributed by atoms with E-state index in [1.807, 2.05) is 12.1 Å². The van der Waals surface area contributed by atoms with Gasteiger partial charge in [0.05, 0.1) is 5.41 Å². The Balaban J connectivity index is 1.91. The van der Waals surface area contributed by atoms with Crippen LogP contribution in [0.4, 0.5) is 5.69 Å². The number of benzene rings is 1. The van der Waals surface area contributed by atoms with Crippen LogP contribution in [0.2, 0.25) is 5.02 Å². The van der Waals surface area contributed by atoms with Gasteiger partial charge in [-0.2, -0.15) is 0 Å². The van der Waals surface area contributed by atoms with Crippen molar-refractivity contribution in [1.82, 2.24) is 5.32 Å². The van der Waals surface area contributed by atoms with E-state index < -0.39 is 17.4 Å². The normalized spacial score (nSPS) is 32.4. The van der Waals surface area contributed by atoms with Gasteiger partial charge in [-0.05, 0) is 35.4 Å². The minimum atomic E-state index is -0.877. The largest absolute Gasteiger partial charge is 0.480 e. The van der Waals surface area contributed by atoms with Gasteiger partial charge in [0.2, 0.25) is 5.91 Å². The Labute approximate surface area is 177 Å². The van der Waals surface area contributed by atoms with Crippen LogP contribution in [0.3, 0.4) is 0 Å². The van der Waals surface area contributed by atoms with Gasteiger partial charge in [0.1, 0.15) is 6.04 Å². The van der Waals surface area contributed by atoms with Gasteiger partial charge < -0.3 is 10.4 Å². The van der Waals surface area contributed by atoms with E-state index in [9.17, 15) is 14.7 Å². The summed E-state index contributed by atoms with van der Waals surface area (Å²) in [6.07, 6.45) is 6.07. The van der Waals surface area contributed by atoms with Crippen LogP contribution in [0.5, 0.6) is 0 Å². The number of halogens is 1. The highest BCUT2D eigenvalue weighted by molar-refractivity contribution is 6.31. The van der Waals surface area contributed by atoms with Crippen molar-refractivity contribution < 1.29 is 14.7 Å². The number of aliphatic carboxylic acids is 1. The van der Waals surface area contributed by atoms with Gasteiger partial charge in [-0.15, -0.1) is 0 Å². The molecule has 0 bridgehead atoms. The zero-order valence-electron chi connectivity index (χ0n) is 17.4. The molecule has 5 nitrogen and oxygen atoms in total. The van der Waals surface area contributed by atoms with E-state index in [-0.39, 0.29) is 29.2 Å². The van der Waals surface area contributed by atoms with Crippen LogP contribution in [0, 0.1) is 17.3 Å². The van der Waals surface area contributed by atoms with Crippen molar-refractivity contribution in [2.75, 3.05) is 5.32 Å². The summed E-state index contributed by atoms with van der Waals surface area (Å²) in [5.41, 5.74) is 0.714. The molecule has 0 radical (unpaired) electrons. The first-order valence-electron chi connectivity index (χ1n) is 10.7. The molecule has 1 saturated heterocycles. The molecule has 0 aromatic heterocycles. The lowest BCUT2D eigenvalue weighted by Crippen LogP contribution is -2.52. The molecule has 0 unspecified atom stereocenters. The second-order valence-electron chi connectivity index (χ2n) is 10.2. The van der Waals surface area contributed by atoms with Gasteiger partial charge in [-0.3, -0.25) is 14.9 Å². The lowest BCUT2D eigenvalue weighted by atomic mass is 9.59. The fraction of sp³-hybridized carbons (Fsp3) is 0.652. The molecular formula is C23H31ClN2O3. The third-order valence-corrected chi connectivity index (χ3v) is 7.34. The highest BCUT2D eigenvalue weighted by atomic mass is 35.5. The number of hydrogen-bond acceptors (Lipinski definition) is 3. The average molecular weight is 419 g/mol. The molecule has 1 saturated carbocycles. The first-order valence-corrected chi connectivity index (χ1v) is 11.1. The number of carbonyl (C=O) groups is 2. The topological polar surface area (TPSA) is 78.4 Å². The number of amides is 1. The summed E-state index contributed by atoms with van der Waals surface area (Å²) in [5, 5.41) is 17.2. The summed E-state index contributed by atoms with van der Waals surface area (Å²) in [5.74, 6) is -0.979. The SMILES string of the molecule is CC(C)(C)C[C@H]1N[C@@H](C(=O)O)[C@H](C2CCCCC2)[C@@]12C(=O)Nc1cc(Cl)ccc12. The summed E-state index contributed by atoms with van der Waals surface area (Å²) in [4.78, 5) is 26.1. The average Bonchev–Trinajstić information content (AvgIpc) is 3.11. The van der Waals surface area contributed by atoms with E-state index in [0.717, 1.165) is 43.4 Å². The lowest BCUT2D eigenvalue weighted by molar-refractivity contribution is -0.141. The monoisotopic (exact) mass is 418 g/mol. The van der Waals surface area contributed by atoms with E-state index in [1.165, 1.54) is 6.42 Å². The van der Waals surface area contributed by atoms with E-state index in [2.05, 4.69) is 31.4 Å². The molecule has 3 N–H and O–H groups in total. The van der Waals surface area contributed by atoms with Crippen LogP contribution in [0.15, 0.2) is 18.2 Å². The molecule has 29 heavy (non-hydrogen) atoms. The van der Waals surface area contributed by atoms with Crippen molar-refractivity contribution in [1.29, 1.82) is 0 Å². The molecule has 1 amide bonds. The Kier molecular flexibility index (Phi) is 5.19. The number of anilines is 1. The molecule has 4 atom stereocenters. The Morgan fingerprint density at radius 2 is 1.93 bits per heavy atom. The van der Waals surface area contributed by atoms with Gasteiger partial charge in [-0.25, -0.2) is 0 Å². The number of fused-ring (bicyclic) bond motifs is 2. The molecular weight excluding hydrogens is 388 g/mol. The molecule has 158 valence electrons. The van der Waals surface area contributed by atoms with E-state index >= 15 is 0 Å². The fourth-order valence-electron chi connectivity index (χ4n) is 6.15. The van der Waals surface area contributed by atoms with Crippen molar-refractivity contribution >= 4 is 29.2 Å². The van der Waals surface area contributed by atoms with Crippen molar-refractivity contribution in [3.8, 4) is 0 Å². The molecule has 1 spiro atoms. The second kappa shape index (κ2) is 7.28. The maximum Gasteiger partial charge on any atom is 0.321 e. The maximum atomic E-state index is 13.7. The zero-order valence-corrected chi connectivity index (χ0v) is 18.2. The van der Waals surface area contributed by atoms with Crippen LogP contribution in [0.1, 0.15) is 64.9 Å². The van der Waals surface area contributed by atoms with Crippen LogP contribution < -0.4 is 10.6 Å². The predicted molar refractivity (Wildman–Crippen MR) is 114 cm³/mol. The molecule has 4 rings (SSSR count). The molecule has 6 heteroatoms. The van der Waals surface area contributed by atoms with E-state index in [1.54, 1.807) is 6.07 Å². The summed E-state index contributed by atoms with van der Waals surface area (Å²) in [6, 6.07) is 4.59. The number of hydrogen-bond donors (Lipinski definition) is 3. The Morgan fingerprint density at radius 3 is 2.55 bits per heavy atom. The third-order valence-electron chi connectivity index (χ3n) is 7.11. The van der Waals surface area contributed by atoms with Gasteiger partial charge >= 0.3 is 5.97 Å². The molecule has 2 fully saturated rings. The zero-order chi connectivity index (χ0) is 21.0. The lowest BCUT2D eigenvalue weighted by Gasteiger charge is -2.41. The highest BCUT2D eigenvalue weighted by Crippen LogP contribution is 2.56. The van der Waals surface area contributed by atoms with Crippen LogP contribution in [0.25, 0.3) is 0 Å². The number of carbonyl (C=O) groups excluding carboxylic acids is 1. The number of carboxylic acid groups (broad SMARTS) is 1. The Hall–Kier alpha value is -1.59. The van der Waals surface area contributed by atoms with Gasteiger partial charge in [0.25, 0.3) is 0 Å². The van der Waals surface area contributed by atoms with Crippen molar-refractivity contribution in [2.45, 2.75) is 76.8 Å². The van der Waals surface area contributed by atoms with Crippen molar-refractivity contribution in [3.63, 3.8) is 0 Å². The first-order chi connectivity index (χ1) is 13.6. The van der Waals surface area contributed by atoms with Crippen LogP contribution in [-0.4, -0.2) is 29.1 Å². The molecule has 3 aliphatic rings. The second-order valence-corrected chi connectivity index (χ2v) is 10.7. The highest BCUT2D eigenvalue weighted by Gasteiger charge is 2.66. The minimum absolute atomic E-state index is 0.0510. The summed E-state index contributed by atoms with van der Waals surface area (Å²) < 4.78 is 0. The molecule has 1 aromatic rings. The fourth-order valence-corrected chi connectivity index (χ4v) is 6.32. The van der Waals surface area contributed by atoms with Crippen molar-refractivity contribution in [2.24, 2.45) is 17.3 Å². The Morgan fingerprint density at radius 1 is 1.24 bits per heavy atom. The number of nitrogens with one attached hydrogen (secondary N) is 2. The minimum Gasteiger partial charge on any atom is -0.480 e. The quantitative estimate of drug-likeness (QED) is 0.670. The van der Waals surface area contributed by atoms with Gasteiger partial charge in [-0.1, -0.05) is 70.5 Å². The maximum absolute atomic E-state index is 13.7. The summed E-state index contributed by atoms with van der Waals surface area (Å²) in [7, 11) is 0. The first kappa shape index (κ1) is 20.7. The Bertz CT molecular complexity index is 828. The van der Waals surface area contributed by atoms with Gasteiger partial charge in [0, 0.05) is 22.7 Å². The molecule has 1 aliphatic carbocycles. The van der Waals surface area contributed by atoms with Crippen LogP contribution in [-0.2, 0) is 15.0 Å². The summed E-state index contributed by atoms with van der Waals surface area (Å²) >= 11 is 6.21. The molecule has 2 aliphatic heterocycles. The molecule has 1 aromatic carbocycles. The standard InChI is InChI=1S/C23H31ClN2O3/c1-22(2,3)12-17-23(15-10-9-14(24)11-16(15)25-21(23)29)18(19(26-17)20(27)28)13-7-5-4-6-8-13/h9-11,13,17-19,26H,4-8,12H2,1-3H3,(H,25,29)(H,27,28)/t17-,18+,19-,23+/m1/s1. The van der Waals surface area contributed by atoms with E-state index in [4.69, 9.17) is 11.6 Å². The predicted octanol–water partition coefficient (Wildman–Crippen LogP) is 4.59. The van der Waals surface area contributed by atoms with Crippen molar-refractivity contribution in [3.05, 3.63) is 28.8 Å². The van der Waals surface area contributed by atoms with Gasteiger partial charge in [0.15, 0.2) is 0 Å². The number of carboxylic acids is 1. The number of rotatable bonds is 3. The smallest absolute Gasteiger partial charge is 0.321 e. The van der Waals surface area contributed by atoms with Crippen LogP contribution >= 0.6 is 11.6 Å². The third kappa shape index (κ3) is 3.36. The molecule has 2 heterocycles.